The molecule has 0 bridgehead atoms. The third kappa shape index (κ3) is 6.10. The molecule has 0 aliphatic rings. The van der Waals surface area contributed by atoms with Gasteiger partial charge in [-0.3, -0.25) is 10.1 Å². The highest BCUT2D eigenvalue weighted by molar-refractivity contribution is 7.10. The van der Waals surface area contributed by atoms with Crippen LogP contribution in [0.1, 0.15) is 32.6 Å². The molecule has 0 N–H and O–H groups in total. The van der Waals surface area contributed by atoms with Crippen molar-refractivity contribution in [2.75, 3.05) is 0 Å². The Bertz CT molecular complexity index is 1590. The van der Waals surface area contributed by atoms with E-state index in [1.54, 1.807) is 42.3 Å². The van der Waals surface area contributed by atoms with Crippen molar-refractivity contribution in [2.45, 2.75) is 26.2 Å². The molecule has 1 unspecified atom stereocenters. The zero-order valence-electron chi connectivity index (χ0n) is 19.5. The Labute approximate surface area is 228 Å². The second kappa shape index (κ2) is 11.9. The highest BCUT2D eigenvalue weighted by Crippen LogP contribution is 2.34. The number of aryl methyl sites for hydroxylation is 2. The molecule has 4 heterocycles. The molecule has 9 nitrogen and oxygen atoms in total. The third-order valence-corrected chi connectivity index (χ3v) is 8.09. The van der Waals surface area contributed by atoms with Gasteiger partial charge in [-0.1, -0.05) is 0 Å². The zero-order valence-corrected chi connectivity index (χ0v) is 22.7. The predicted molar refractivity (Wildman–Crippen MR) is 146 cm³/mol. The van der Waals surface area contributed by atoms with Crippen LogP contribution >= 0.6 is 45.3 Å². The molecule has 1 aromatic carbocycles. The summed E-state index contributed by atoms with van der Waals surface area (Å²) in [6, 6.07) is 7.57. The van der Waals surface area contributed by atoms with Gasteiger partial charge in [0, 0.05) is 33.2 Å². The second-order valence-corrected chi connectivity index (χ2v) is 10.9. The molecular formula is C24H17N7O2S4. The van der Waals surface area contributed by atoms with E-state index in [1.165, 1.54) is 40.1 Å². The number of benzene rings is 1. The van der Waals surface area contributed by atoms with Gasteiger partial charge in [0.2, 0.25) is 0 Å². The first-order chi connectivity index (χ1) is 17.9. The molecule has 0 aliphatic carbocycles. The van der Waals surface area contributed by atoms with Gasteiger partial charge in [-0.15, -0.1) is 45.3 Å². The molecule has 5 aromatic rings. The summed E-state index contributed by atoms with van der Waals surface area (Å²) in [7, 11) is 0. The second-order valence-electron chi connectivity index (χ2n) is 7.59. The van der Waals surface area contributed by atoms with Crippen LogP contribution in [0.15, 0.2) is 44.7 Å². The minimum atomic E-state index is -0.554. The van der Waals surface area contributed by atoms with Gasteiger partial charge >= 0.3 is 0 Å². The molecule has 0 aliphatic heterocycles. The summed E-state index contributed by atoms with van der Waals surface area (Å²) in [5, 5.41) is 38.3. The Morgan fingerprint density at radius 3 is 2.14 bits per heavy atom. The van der Waals surface area contributed by atoms with Crippen LogP contribution in [-0.2, 0) is 6.42 Å². The number of hydrogen-bond acceptors (Lipinski definition) is 12. The molecule has 1 atom stereocenters. The van der Waals surface area contributed by atoms with Gasteiger partial charge in [-0.05, 0) is 31.0 Å². The molecule has 0 saturated heterocycles. The fourth-order valence-electron chi connectivity index (χ4n) is 3.38. The first-order valence-corrected chi connectivity index (χ1v) is 14.2. The molecule has 0 saturated carbocycles. The van der Waals surface area contributed by atoms with Gasteiger partial charge < -0.3 is 0 Å². The zero-order chi connectivity index (χ0) is 26.4. The van der Waals surface area contributed by atoms with E-state index in [9.17, 15) is 15.4 Å². The number of rotatable bonds is 6. The fraction of sp³-hybridized carbons (Fsp3) is 0.167. The Kier molecular flexibility index (Phi) is 8.43. The van der Waals surface area contributed by atoms with Crippen LogP contribution in [0.5, 0.6) is 0 Å². The first-order valence-electron chi connectivity index (χ1n) is 10.6. The molecule has 184 valence electrons. The van der Waals surface area contributed by atoms with Crippen molar-refractivity contribution in [3.05, 3.63) is 81.5 Å². The Balaban J connectivity index is 0.000000207. The average Bonchev–Trinajstić information content (AvgIpc) is 3.69. The van der Waals surface area contributed by atoms with E-state index in [0.717, 1.165) is 33.3 Å². The SMILES string of the molecule is Cc1cc([N+](=O)[O-])c(C)cc1C(C#N)c1nc(-c2cscn2)cs1.N#CCc1nc(-c2cscn2)cs1. The van der Waals surface area contributed by atoms with E-state index in [0.29, 0.717) is 22.6 Å². The highest BCUT2D eigenvalue weighted by Gasteiger charge is 2.23. The van der Waals surface area contributed by atoms with E-state index < -0.39 is 10.8 Å². The summed E-state index contributed by atoms with van der Waals surface area (Å²) in [5.74, 6) is -0.554. The number of hydrogen-bond donors (Lipinski definition) is 0. The van der Waals surface area contributed by atoms with Crippen molar-refractivity contribution in [1.29, 1.82) is 10.5 Å². The highest BCUT2D eigenvalue weighted by atomic mass is 32.1. The number of aromatic nitrogens is 4. The van der Waals surface area contributed by atoms with Crippen molar-refractivity contribution in [3.8, 4) is 34.9 Å². The van der Waals surface area contributed by atoms with Gasteiger partial charge in [-0.25, -0.2) is 19.9 Å². The third-order valence-electron chi connectivity index (χ3n) is 5.16. The van der Waals surface area contributed by atoms with E-state index in [2.05, 4.69) is 32.1 Å². The van der Waals surface area contributed by atoms with Gasteiger partial charge in [0.1, 0.15) is 38.7 Å². The molecule has 37 heavy (non-hydrogen) atoms. The summed E-state index contributed by atoms with van der Waals surface area (Å²) in [4.78, 5) is 27.8. The lowest BCUT2D eigenvalue weighted by atomic mass is 9.94. The molecule has 5 rings (SSSR count). The van der Waals surface area contributed by atoms with E-state index >= 15 is 0 Å². The van der Waals surface area contributed by atoms with Gasteiger partial charge in [-0.2, -0.15) is 10.5 Å². The average molecular weight is 564 g/mol. The number of nitrogens with zero attached hydrogens (tertiary/aromatic N) is 7. The van der Waals surface area contributed by atoms with Gasteiger partial charge in [0.15, 0.2) is 0 Å². The minimum Gasteiger partial charge on any atom is -0.258 e. The molecule has 4 aromatic heterocycles. The molecule has 0 amide bonds. The molecule has 0 fully saturated rings. The number of nitro benzene ring substituents is 1. The first kappa shape index (κ1) is 26.2. The minimum absolute atomic E-state index is 0.0650. The van der Waals surface area contributed by atoms with Crippen LogP contribution < -0.4 is 0 Å². The maximum absolute atomic E-state index is 11.1. The van der Waals surface area contributed by atoms with E-state index in [1.807, 2.05) is 21.5 Å². The van der Waals surface area contributed by atoms with Crippen molar-refractivity contribution >= 4 is 51.0 Å². The lowest BCUT2D eigenvalue weighted by molar-refractivity contribution is -0.385. The Morgan fingerprint density at radius 2 is 1.57 bits per heavy atom. The van der Waals surface area contributed by atoms with Crippen LogP contribution in [0.3, 0.4) is 0 Å². The maximum Gasteiger partial charge on any atom is 0.272 e. The lowest BCUT2D eigenvalue weighted by Crippen LogP contribution is -2.03. The van der Waals surface area contributed by atoms with Crippen molar-refractivity contribution in [1.82, 2.24) is 19.9 Å². The Morgan fingerprint density at radius 1 is 0.919 bits per heavy atom. The maximum atomic E-state index is 11.1. The summed E-state index contributed by atoms with van der Waals surface area (Å²) in [6.07, 6.45) is 0.384. The fourth-order valence-corrected chi connectivity index (χ4v) is 6.07. The predicted octanol–water partition coefficient (Wildman–Crippen LogP) is 6.78. The topological polar surface area (TPSA) is 142 Å². The molecular weight excluding hydrogens is 547 g/mol. The molecule has 0 radical (unpaired) electrons. The lowest BCUT2D eigenvalue weighted by Gasteiger charge is -2.11. The number of thiazole rings is 4. The van der Waals surface area contributed by atoms with Crippen molar-refractivity contribution < 1.29 is 4.92 Å². The van der Waals surface area contributed by atoms with E-state index in [4.69, 9.17) is 5.26 Å². The number of nitriles is 2. The van der Waals surface area contributed by atoms with Crippen molar-refractivity contribution in [3.63, 3.8) is 0 Å². The quantitative estimate of drug-likeness (QED) is 0.162. The Hall–Kier alpha value is -3.88. The monoisotopic (exact) mass is 563 g/mol. The summed E-state index contributed by atoms with van der Waals surface area (Å²) in [6.45, 7) is 3.46. The smallest absolute Gasteiger partial charge is 0.258 e. The van der Waals surface area contributed by atoms with Crippen LogP contribution in [-0.4, -0.2) is 24.9 Å². The van der Waals surface area contributed by atoms with Crippen molar-refractivity contribution in [2.24, 2.45) is 0 Å². The largest absolute Gasteiger partial charge is 0.272 e. The summed E-state index contributed by atoms with van der Waals surface area (Å²) >= 11 is 5.93. The van der Waals surface area contributed by atoms with Crippen LogP contribution in [0.25, 0.3) is 22.8 Å². The normalized spacial score (nSPS) is 11.1. The molecule has 0 spiro atoms. The van der Waals surface area contributed by atoms with Crippen LogP contribution in [0.4, 0.5) is 5.69 Å². The van der Waals surface area contributed by atoms with E-state index in [-0.39, 0.29) is 5.69 Å². The summed E-state index contributed by atoms with van der Waals surface area (Å²) < 4.78 is 0. The van der Waals surface area contributed by atoms with Gasteiger partial charge in [0.25, 0.3) is 5.69 Å². The van der Waals surface area contributed by atoms with Crippen LogP contribution in [0, 0.1) is 46.6 Å². The number of nitro groups is 1. The van der Waals surface area contributed by atoms with Crippen LogP contribution in [0.2, 0.25) is 0 Å². The van der Waals surface area contributed by atoms with Gasteiger partial charge in [0.05, 0.1) is 34.5 Å². The standard InChI is InChI=1S/C16H12N4O2S2.C8H5N3S2/c1-9-4-15(20(21)22)10(2)3-11(9)12(5-17)16-19-14(7-24-16)13-6-23-8-18-13;9-2-1-8-11-7(4-13-8)6-3-12-5-10-6/h3-4,6-8,12H,1-2H3;3-5H,1H2. The molecule has 13 heteroatoms. The summed E-state index contributed by atoms with van der Waals surface area (Å²) in [5.41, 5.74) is 8.88.